The highest BCUT2D eigenvalue weighted by Crippen LogP contribution is 2.23. The minimum atomic E-state index is -1.12. The number of carboxylic acid groups (broad SMARTS) is 1. The Balaban J connectivity index is 2.40. The number of aromatic nitrogens is 1. The highest BCUT2D eigenvalue weighted by molar-refractivity contribution is 5.88. The van der Waals surface area contributed by atoms with Gasteiger partial charge in [0.05, 0.1) is 11.3 Å². The molecule has 0 spiro atoms. The molecule has 0 amide bonds. The Hall–Kier alpha value is -2.50. The zero-order chi connectivity index (χ0) is 14.9. The van der Waals surface area contributed by atoms with Crippen molar-refractivity contribution in [2.24, 2.45) is 0 Å². The molecule has 0 aliphatic rings. The topological polar surface area (TPSA) is 62.2 Å². The predicted molar refractivity (Wildman–Crippen MR) is 70.3 cm³/mol. The molecule has 1 heterocycles. The first-order valence-corrected chi connectivity index (χ1v) is 5.81. The van der Waals surface area contributed by atoms with Crippen LogP contribution in [0.15, 0.2) is 24.3 Å². The van der Waals surface area contributed by atoms with E-state index >= 15 is 0 Å². The Morgan fingerprint density at radius 1 is 1.15 bits per heavy atom. The number of nitrogens with one attached hydrogen (secondary N) is 1. The third-order valence-electron chi connectivity index (χ3n) is 2.71. The molecule has 0 atom stereocenters. The van der Waals surface area contributed by atoms with E-state index in [1.807, 2.05) is 0 Å². The number of hydrogen-bond acceptors (Lipinski definition) is 3. The maximum absolute atomic E-state index is 13.7. The number of aromatic carboxylic acids is 1. The monoisotopic (exact) mass is 278 g/mol. The number of anilines is 2. The third kappa shape index (κ3) is 2.90. The highest BCUT2D eigenvalue weighted by Gasteiger charge is 2.11. The number of carbonyl (C=O) groups is 1. The SMILES string of the molecule is Cc1cc(C(=O)O)cc(Nc2cc(F)c(C)cc2F)n1. The summed E-state index contributed by atoms with van der Waals surface area (Å²) >= 11 is 0. The van der Waals surface area contributed by atoms with Gasteiger partial charge in [-0.1, -0.05) is 0 Å². The molecule has 2 aromatic rings. The standard InChI is InChI=1S/C14H12F2N2O2/c1-7-3-11(16)12(6-10(7)15)18-13-5-9(14(19)20)4-8(2)17-13/h3-6H,1-2H3,(H,17,18)(H,19,20). The number of hydrogen-bond donors (Lipinski definition) is 2. The Labute approximate surface area is 114 Å². The summed E-state index contributed by atoms with van der Waals surface area (Å²) in [5.41, 5.74) is 0.576. The van der Waals surface area contributed by atoms with Crippen molar-refractivity contribution in [1.82, 2.24) is 4.98 Å². The van der Waals surface area contributed by atoms with E-state index < -0.39 is 17.6 Å². The zero-order valence-corrected chi connectivity index (χ0v) is 10.9. The van der Waals surface area contributed by atoms with Gasteiger partial charge in [-0.3, -0.25) is 0 Å². The van der Waals surface area contributed by atoms with Crippen LogP contribution >= 0.6 is 0 Å². The molecule has 0 aliphatic carbocycles. The molecule has 0 aliphatic heterocycles. The van der Waals surface area contributed by atoms with Crippen LogP contribution in [-0.4, -0.2) is 16.1 Å². The minimum Gasteiger partial charge on any atom is -0.478 e. The molecule has 0 saturated carbocycles. The lowest BCUT2D eigenvalue weighted by Crippen LogP contribution is -2.03. The fraction of sp³-hybridized carbons (Fsp3) is 0.143. The van der Waals surface area contributed by atoms with Gasteiger partial charge in [-0.25, -0.2) is 18.6 Å². The van der Waals surface area contributed by atoms with Crippen LogP contribution in [0.25, 0.3) is 0 Å². The summed E-state index contributed by atoms with van der Waals surface area (Å²) in [5.74, 6) is -2.16. The number of carboxylic acids is 1. The van der Waals surface area contributed by atoms with E-state index in [4.69, 9.17) is 5.11 Å². The fourth-order valence-electron chi connectivity index (χ4n) is 1.74. The second-order valence-electron chi connectivity index (χ2n) is 4.39. The predicted octanol–water partition coefficient (Wildman–Crippen LogP) is 3.42. The molecule has 0 radical (unpaired) electrons. The zero-order valence-electron chi connectivity index (χ0n) is 10.9. The molecule has 4 nitrogen and oxygen atoms in total. The van der Waals surface area contributed by atoms with Gasteiger partial charge in [0.15, 0.2) is 0 Å². The van der Waals surface area contributed by atoms with E-state index in [1.54, 1.807) is 6.92 Å². The number of rotatable bonds is 3. The second-order valence-corrected chi connectivity index (χ2v) is 4.39. The maximum atomic E-state index is 13.7. The van der Waals surface area contributed by atoms with E-state index in [9.17, 15) is 13.6 Å². The van der Waals surface area contributed by atoms with Gasteiger partial charge in [0.1, 0.15) is 17.5 Å². The number of pyridine rings is 1. The number of aryl methyl sites for hydroxylation is 2. The van der Waals surface area contributed by atoms with Crippen LogP contribution in [0.3, 0.4) is 0 Å². The highest BCUT2D eigenvalue weighted by atomic mass is 19.1. The quantitative estimate of drug-likeness (QED) is 0.903. The average molecular weight is 278 g/mol. The van der Waals surface area contributed by atoms with Crippen molar-refractivity contribution in [2.45, 2.75) is 13.8 Å². The van der Waals surface area contributed by atoms with Crippen LogP contribution in [0.4, 0.5) is 20.3 Å². The van der Waals surface area contributed by atoms with Crippen LogP contribution in [0.1, 0.15) is 21.6 Å². The van der Waals surface area contributed by atoms with Crippen LogP contribution in [0.2, 0.25) is 0 Å². The minimum absolute atomic E-state index is 0.0213. The summed E-state index contributed by atoms with van der Waals surface area (Å²) in [5, 5.41) is 11.5. The first kappa shape index (κ1) is 13.9. The Morgan fingerprint density at radius 3 is 2.50 bits per heavy atom. The van der Waals surface area contributed by atoms with Crippen molar-refractivity contribution in [1.29, 1.82) is 0 Å². The van der Waals surface area contributed by atoms with Crippen molar-refractivity contribution >= 4 is 17.5 Å². The molecule has 1 aromatic carbocycles. The molecule has 2 N–H and O–H groups in total. The van der Waals surface area contributed by atoms with Gasteiger partial charge in [-0.05, 0) is 37.6 Å². The van der Waals surface area contributed by atoms with E-state index in [-0.39, 0.29) is 22.6 Å². The summed E-state index contributed by atoms with van der Waals surface area (Å²) in [7, 11) is 0. The lowest BCUT2D eigenvalue weighted by molar-refractivity contribution is 0.0696. The van der Waals surface area contributed by atoms with Crippen LogP contribution in [0.5, 0.6) is 0 Å². The first-order chi connectivity index (χ1) is 9.36. The number of benzene rings is 1. The summed E-state index contributed by atoms with van der Waals surface area (Å²) in [6.07, 6.45) is 0. The van der Waals surface area contributed by atoms with Crippen molar-refractivity contribution in [3.63, 3.8) is 0 Å². The lowest BCUT2D eigenvalue weighted by Gasteiger charge is -2.09. The number of halogens is 2. The molecule has 104 valence electrons. The number of nitrogens with zero attached hydrogens (tertiary/aromatic N) is 1. The first-order valence-electron chi connectivity index (χ1n) is 5.81. The molecule has 0 unspecified atom stereocenters. The van der Waals surface area contributed by atoms with Gasteiger partial charge >= 0.3 is 5.97 Å². The summed E-state index contributed by atoms with van der Waals surface area (Å²) in [4.78, 5) is 15.0. The molecule has 6 heteroatoms. The average Bonchev–Trinajstić information content (AvgIpc) is 2.35. The van der Waals surface area contributed by atoms with E-state index in [0.717, 1.165) is 12.1 Å². The normalized spacial score (nSPS) is 10.4. The van der Waals surface area contributed by atoms with Gasteiger partial charge in [0.2, 0.25) is 0 Å². The largest absolute Gasteiger partial charge is 0.478 e. The molecule has 1 aromatic heterocycles. The summed E-state index contributed by atoms with van der Waals surface area (Å²) < 4.78 is 27.1. The Bertz CT molecular complexity index is 687. The molecule has 0 bridgehead atoms. The van der Waals surface area contributed by atoms with Gasteiger partial charge in [-0.2, -0.15) is 0 Å². The van der Waals surface area contributed by atoms with Crippen molar-refractivity contribution in [3.8, 4) is 0 Å². The molecule has 0 fully saturated rings. The van der Waals surface area contributed by atoms with E-state index in [2.05, 4.69) is 10.3 Å². The van der Waals surface area contributed by atoms with E-state index in [1.165, 1.54) is 19.1 Å². The summed E-state index contributed by atoms with van der Waals surface area (Å²) in [6.45, 7) is 3.07. The van der Waals surface area contributed by atoms with E-state index in [0.29, 0.717) is 5.69 Å². The molecule has 20 heavy (non-hydrogen) atoms. The van der Waals surface area contributed by atoms with Crippen LogP contribution < -0.4 is 5.32 Å². The molecular formula is C14H12F2N2O2. The Kier molecular flexibility index (Phi) is 3.65. The molecule has 0 saturated heterocycles. The Morgan fingerprint density at radius 2 is 1.85 bits per heavy atom. The molecule has 2 rings (SSSR count). The van der Waals surface area contributed by atoms with Crippen molar-refractivity contribution in [3.05, 3.63) is 52.7 Å². The third-order valence-corrected chi connectivity index (χ3v) is 2.71. The fourth-order valence-corrected chi connectivity index (χ4v) is 1.74. The van der Waals surface area contributed by atoms with Gasteiger partial charge < -0.3 is 10.4 Å². The summed E-state index contributed by atoms with van der Waals surface area (Å²) in [6, 6.07) is 4.72. The van der Waals surface area contributed by atoms with Crippen LogP contribution in [0, 0.1) is 25.5 Å². The van der Waals surface area contributed by atoms with Crippen LogP contribution in [-0.2, 0) is 0 Å². The maximum Gasteiger partial charge on any atom is 0.335 e. The van der Waals surface area contributed by atoms with Gasteiger partial charge in [-0.15, -0.1) is 0 Å². The van der Waals surface area contributed by atoms with Gasteiger partial charge in [0.25, 0.3) is 0 Å². The van der Waals surface area contributed by atoms with Crippen molar-refractivity contribution in [2.75, 3.05) is 5.32 Å². The smallest absolute Gasteiger partial charge is 0.335 e. The molecular weight excluding hydrogens is 266 g/mol. The van der Waals surface area contributed by atoms with Crippen molar-refractivity contribution < 1.29 is 18.7 Å². The lowest BCUT2D eigenvalue weighted by atomic mass is 10.2. The van der Waals surface area contributed by atoms with Gasteiger partial charge in [0, 0.05) is 11.8 Å². The second kappa shape index (κ2) is 5.24.